The molecule has 0 amide bonds. The van der Waals surface area contributed by atoms with Gasteiger partial charge in [0.1, 0.15) is 17.5 Å². The Labute approximate surface area is 201 Å². The molecule has 0 fully saturated rings. The van der Waals surface area contributed by atoms with Gasteiger partial charge >= 0.3 is 5.97 Å². The molecular weight excluding hydrogens is 473 g/mol. The zero-order chi connectivity index (χ0) is 25.2. The predicted octanol–water partition coefficient (Wildman–Crippen LogP) is 4.49. The molecule has 0 radical (unpaired) electrons. The van der Waals surface area contributed by atoms with Crippen LogP contribution in [0.4, 0.5) is 4.39 Å². The quantitative estimate of drug-likeness (QED) is 0.349. The molecule has 0 unspecified atom stereocenters. The van der Waals surface area contributed by atoms with Crippen molar-refractivity contribution in [2.45, 2.75) is 25.2 Å². The van der Waals surface area contributed by atoms with Crippen LogP contribution in [0, 0.1) is 24.1 Å². The van der Waals surface area contributed by atoms with Gasteiger partial charge in [-0.3, -0.25) is 4.79 Å². The molecule has 2 heterocycles. The molecule has 178 valence electrons. The van der Waals surface area contributed by atoms with E-state index in [0.717, 1.165) is 15.6 Å². The Morgan fingerprint density at radius 1 is 1.17 bits per heavy atom. The first-order valence-corrected chi connectivity index (χ1v) is 12.0. The molecule has 10 heteroatoms. The lowest BCUT2D eigenvalue weighted by molar-refractivity contribution is -0.142. The molecule has 0 spiro atoms. The number of aryl methyl sites for hydroxylation is 1. The van der Waals surface area contributed by atoms with Gasteiger partial charge in [-0.15, -0.1) is 0 Å². The molecule has 8 nitrogen and oxygen atoms in total. The lowest BCUT2D eigenvalue weighted by Gasteiger charge is -2.15. The molecule has 2 aromatic carbocycles. The topological polar surface area (TPSA) is 111 Å². The molecule has 2 aromatic heterocycles. The molecule has 35 heavy (non-hydrogen) atoms. The first kappa shape index (κ1) is 23.9. The van der Waals surface area contributed by atoms with E-state index >= 15 is 4.39 Å². The Hall–Kier alpha value is -4.23. The van der Waals surface area contributed by atoms with Gasteiger partial charge in [0.2, 0.25) is 0 Å². The number of fused-ring (bicyclic) bond motifs is 1. The zero-order valence-electron chi connectivity index (χ0n) is 18.9. The van der Waals surface area contributed by atoms with Gasteiger partial charge in [-0.25, -0.2) is 21.8 Å². The van der Waals surface area contributed by atoms with Crippen molar-refractivity contribution in [3.8, 4) is 17.6 Å². The second kappa shape index (κ2) is 9.56. The van der Waals surface area contributed by atoms with Crippen molar-refractivity contribution >= 4 is 26.9 Å². The van der Waals surface area contributed by atoms with Gasteiger partial charge in [0.15, 0.2) is 11.6 Å². The number of nitrogens with zero attached hydrogens (tertiary/aromatic N) is 3. The summed E-state index contributed by atoms with van der Waals surface area (Å²) in [4.78, 5) is 16.2. The fourth-order valence-electron chi connectivity index (χ4n) is 3.60. The average Bonchev–Trinajstić information content (AvgIpc) is 3.26. The van der Waals surface area contributed by atoms with Gasteiger partial charge in [-0.1, -0.05) is 17.7 Å². The van der Waals surface area contributed by atoms with Crippen molar-refractivity contribution in [3.05, 3.63) is 83.6 Å². The fourth-order valence-corrected chi connectivity index (χ4v) is 4.94. The van der Waals surface area contributed by atoms with Crippen molar-refractivity contribution in [1.29, 1.82) is 5.26 Å². The van der Waals surface area contributed by atoms with E-state index < -0.39 is 21.8 Å². The predicted molar refractivity (Wildman–Crippen MR) is 125 cm³/mol. The van der Waals surface area contributed by atoms with Crippen LogP contribution >= 0.6 is 0 Å². The molecule has 0 aliphatic carbocycles. The van der Waals surface area contributed by atoms with Crippen LogP contribution in [-0.2, 0) is 26.0 Å². The van der Waals surface area contributed by atoms with Crippen LogP contribution in [0.2, 0.25) is 0 Å². The van der Waals surface area contributed by atoms with E-state index in [9.17, 15) is 13.2 Å². The van der Waals surface area contributed by atoms with Crippen LogP contribution in [0.1, 0.15) is 23.7 Å². The Balaban J connectivity index is 1.89. The number of benzene rings is 2. The third-order valence-corrected chi connectivity index (χ3v) is 6.94. The lowest BCUT2D eigenvalue weighted by atomic mass is 10.1. The molecular formula is C25H20FN3O5S. The molecule has 0 bridgehead atoms. The Morgan fingerprint density at radius 2 is 1.91 bits per heavy atom. The third kappa shape index (κ3) is 4.72. The zero-order valence-corrected chi connectivity index (χ0v) is 19.7. The minimum absolute atomic E-state index is 0.0362. The van der Waals surface area contributed by atoms with E-state index in [1.54, 1.807) is 19.1 Å². The van der Waals surface area contributed by atoms with E-state index in [1.165, 1.54) is 42.7 Å². The number of carbonyl (C=O) groups excluding carboxylic acids is 1. The largest absolute Gasteiger partial charge is 0.466 e. The van der Waals surface area contributed by atoms with Crippen LogP contribution in [-0.4, -0.2) is 30.0 Å². The summed E-state index contributed by atoms with van der Waals surface area (Å²) in [6, 6.07) is 13.4. The Morgan fingerprint density at radius 3 is 2.60 bits per heavy atom. The van der Waals surface area contributed by atoms with Crippen LogP contribution < -0.4 is 4.74 Å². The first-order valence-electron chi connectivity index (χ1n) is 10.6. The molecule has 4 rings (SSSR count). The second-order valence-electron chi connectivity index (χ2n) is 7.60. The standard InChI is InChI=1S/C25H20FN3O5S/c1-3-33-24(30)13-21-20-9-11-29(35(31,32)19-6-4-16(2)5-7-19)23(20)14-22(26)25(21)34-18-8-10-28-17(12-18)15-27/h4-12,14H,3,13H2,1-2H3. The van der Waals surface area contributed by atoms with Crippen molar-refractivity contribution < 1.29 is 27.1 Å². The highest BCUT2D eigenvalue weighted by Crippen LogP contribution is 2.37. The van der Waals surface area contributed by atoms with Gasteiger partial charge in [0.05, 0.1) is 23.4 Å². The number of halogens is 1. The minimum atomic E-state index is -4.04. The number of rotatable bonds is 7. The second-order valence-corrected chi connectivity index (χ2v) is 9.42. The van der Waals surface area contributed by atoms with E-state index in [1.807, 2.05) is 13.0 Å². The van der Waals surface area contributed by atoms with Crippen LogP contribution in [0.5, 0.6) is 11.5 Å². The summed E-state index contributed by atoms with van der Waals surface area (Å²) in [7, 11) is -4.04. The lowest BCUT2D eigenvalue weighted by Crippen LogP contribution is -2.13. The molecule has 0 aliphatic rings. The van der Waals surface area contributed by atoms with Crippen molar-refractivity contribution in [2.75, 3.05) is 6.61 Å². The Bertz CT molecular complexity index is 1570. The number of hydrogen-bond donors (Lipinski definition) is 0. The number of nitriles is 1. The highest BCUT2D eigenvalue weighted by molar-refractivity contribution is 7.90. The van der Waals surface area contributed by atoms with Gasteiger partial charge in [-0.2, -0.15) is 5.26 Å². The molecule has 0 aliphatic heterocycles. The maximum atomic E-state index is 15.4. The molecule has 0 atom stereocenters. The summed E-state index contributed by atoms with van der Waals surface area (Å²) in [5.74, 6) is -1.66. The monoisotopic (exact) mass is 493 g/mol. The van der Waals surface area contributed by atoms with Crippen molar-refractivity contribution in [1.82, 2.24) is 8.96 Å². The maximum Gasteiger partial charge on any atom is 0.310 e. The summed E-state index contributed by atoms with van der Waals surface area (Å²) in [5, 5.41) is 9.39. The summed E-state index contributed by atoms with van der Waals surface area (Å²) in [6.45, 7) is 3.59. The molecule has 0 saturated heterocycles. The van der Waals surface area contributed by atoms with Gasteiger partial charge < -0.3 is 9.47 Å². The smallest absolute Gasteiger partial charge is 0.310 e. The Kier molecular flexibility index (Phi) is 6.53. The van der Waals surface area contributed by atoms with Crippen molar-refractivity contribution in [3.63, 3.8) is 0 Å². The van der Waals surface area contributed by atoms with Crippen LogP contribution in [0.15, 0.2) is 65.8 Å². The van der Waals surface area contributed by atoms with Gasteiger partial charge in [0, 0.05) is 35.5 Å². The van der Waals surface area contributed by atoms with E-state index in [0.29, 0.717) is 5.39 Å². The number of aromatic nitrogens is 2. The molecule has 0 N–H and O–H groups in total. The highest BCUT2D eigenvalue weighted by Gasteiger charge is 2.25. The number of carbonyl (C=O) groups is 1. The third-order valence-electron chi connectivity index (χ3n) is 5.24. The first-order chi connectivity index (χ1) is 16.7. The minimum Gasteiger partial charge on any atom is -0.466 e. The average molecular weight is 494 g/mol. The number of hydrogen-bond acceptors (Lipinski definition) is 7. The molecule has 4 aromatic rings. The number of esters is 1. The SMILES string of the molecule is CCOC(=O)Cc1c(Oc2ccnc(C#N)c2)c(F)cc2c1ccn2S(=O)(=O)c1ccc(C)cc1. The van der Waals surface area contributed by atoms with E-state index in [-0.39, 0.29) is 46.2 Å². The van der Waals surface area contributed by atoms with Gasteiger partial charge in [-0.05, 0) is 38.1 Å². The van der Waals surface area contributed by atoms with Crippen LogP contribution in [0.3, 0.4) is 0 Å². The van der Waals surface area contributed by atoms with Crippen molar-refractivity contribution in [2.24, 2.45) is 0 Å². The molecule has 0 saturated carbocycles. The summed E-state index contributed by atoms with van der Waals surface area (Å²) in [6.07, 6.45) is 2.28. The normalized spacial score (nSPS) is 11.3. The highest BCUT2D eigenvalue weighted by atomic mass is 32.2. The van der Waals surface area contributed by atoms with Gasteiger partial charge in [0.25, 0.3) is 10.0 Å². The summed E-state index contributed by atoms with van der Waals surface area (Å²) >= 11 is 0. The summed E-state index contributed by atoms with van der Waals surface area (Å²) < 4.78 is 53.7. The fraction of sp³-hybridized carbons (Fsp3) is 0.160. The number of pyridine rings is 1. The maximum absolute atomic E-state index is 15.4. The number of ether oxygens (including phenoxy) is 2. The van der Waals surface area contributed by atoms with E-state index in [4.69, 9.17) is 14.7 Å². The van der Waals surface area contributed by atoms with E-state index in [2.05, 4.69) is 4.98 Å². The summed E-state index contributed by atoms with van der Waals surface area (Å²) in [5.41, 5.74) is 1.11. The van der Waals surface area contributed by atoms with Crippen LogP contribution in [0.25, 0.3) is 10.9 Å².